The van der Waals surface area contributed by atoms with Crippen LogP contribution in [0.15, 0.2) is 12.4 Å². The number of piperidine rings is 1. The molecular weight excluding hydrogens is 276 g/mol. The van der Waals surface area contributed by atoms with Crippen molar-refractivity contribution in [3.05, 3.63) is 18.1 Å². The SMILES string of the molecule is Cc1cncc(N2CCC(CN(C)S(C)(=O)=O)CC2)n1. The molecule has 7 heteroatoms. The zero-order chi connectivity index (χ0) is 14.8. The van der Waals surface area contributed by atoms with Gasteiger partial charge in [0.2, 0.25) is 10.0 Å². The lowest BCUT2D eigenvalue weighted by Gasteiger charge is -2.34. The summed E-state index contributed by atoms with van der Waals surface area (Å²) in [4.78, 5) is 10.9. The number of aryl methyl sites for hydroxylation is 1. The zero-order valence-corrected chi connectivity index (χ0v) is 13.1. The van der Waals surface area contributed by atoms with E-state index in [4.69, 9.17) is 0 Å². The Bertz CT molecular complexity index is 553. The van der Waals surface area contributed by atoms with Crippen LogP contribution in [0.5, 0.6) is 0 Å². The quantitative estimate of drug-likeness (QED) is 0.826. The van der Waals surface area contributed by atoms with Crippen molar-refractivity contribution in [1.82, 2.24) is 14.3 Å². The highest BCUT2D eigenvalue weighted by Crippen LogP contribution is 2.22. The second-order valence-corrected chi connectivity index (χ2v) is 7.58. The van der Waals surface area contributed by atoms with Crippen LogP contribution in [-0.4, -0.2) is 55.6 Å². The fourth-order valence-corrected chi connectivity index (χ4v) is 2.93. The molecule has 0 aromatic carbocycles. The highest BCUT2D eigenvalue weighted by atomic mass is 32.2. The molecule has 2 rings (SSSR count). The van der Waals surface area contributed by atoms with Crippen molar-refractivity contribution >= 4 is 15.8 Å². The Kier molecular flexibility index (Phi) is 4.59. The van der Waals surface area contributed by atoms with E-state index < -0.39 is 10.0 Å². The van der Waals surface area contributed by atoms with E-state index in [1.807, 2.05) is 6.92 Å². The number of hydrogen-bond donors (Lipinski definition) is 0. The summed E-state index contributed by atoms with van der Waals surface area (Å²) >= 11 is 0. The number of anilines is 1. The minimum atomic E-state index is -3.08. The summed E-state index contributed by atoms with van der Waals surface area (Å²) in [6, 6.07) is 0. The van der Waals surface area contributed by atoms with Crippen LogP contribution >= 0.6 is 0 Å². The van der Waals surface area contributed by atoms with Crippen molar-refractivity contribution in [2.24, 2.45) is 5.92 Å². The minimum absolute atomic E-state index is 0.420. The molecule has 1 aromatic heterocycles. The van der Waals surface area contributed by atoms with Crippen LogP contribution in [0.1, 0.15) is 18.5 Å². The Morgan fingerprint density at radius 3 is 2.55 bits per heavy atom. The lowest BCUT2D eigenvalue weighted by Crippen LogP contribution is -2.39. The van der Waals surface area contributed by atoms with Gasteiger partial charge in [0.15, 0.2) is 0 Å². The second-order valence-electron chi connectivity index (χ2n) is 5.49. The highest BCUT2D eigenvalue weighted by molar-refractivity contribution is 7.88. The minimum Gasteiger partial charge on any atom is -0.355 e. The standard InChI is InChI=1S/C13H22N4O2S/c1-11-8-14-9-13(15-11)17-6-4-12(5-7-17)10-16(2)20(3,18)19/h8-9,12H,4-7,10H2,1-3H3. The van der Waals surface area contributed by atoms with Crippen molar-refractivity contribution in [3.8, 4) is 0 Å². The van der Waals surface area contributed by atoms with Crippen molar-refractivity contribution in [2.45, 2.75) is 19.8 Å². The topological polar surface area (TPSA) is 66.4 Å². The molecular formula is C13H22N4O2S. The summed E-state index contributed by atoms with van der Waals surface area (Å²) in [6.07, 6.45) is 6.75. The van der Waals surface area contributed by atoms with Crippen LogP contribution in [0.4, 0.5) is 5.82 Å². The average molecular weight is 298 g/mol. The molecule has 0 amide bonds. The van der Waals surface area contributed by atoms with Crippen LogP contribution in [0.25, 0.3) is 0 Å². The van der Waals surface area contributed by atoms with E-state index in [0.717, 1.165) is 37.4 Å². The number of aromatic nitrogens is 2. The Hall–Kier alpha value is -1.21. The molecule has 0 N–H and O–H groups in total. The van der Waals surface area contributed by atoms with Gasteiger partial charge in [0, 0.05) is 32.9 Å². The van der Waals surface area contributed by atoms with Gasteiger partial charge in [-0.1, -0.05) is 0 Å². The maximum absolute atomic E-state index is 11.4. The lowest BCUT2D eigenvalue weighted by atomic mass is 9.97. The molecule has 20 heavy (non-hydrogen) atoms. The normalized spacial score (nSPS) is 17.7. The van der Waals surface area contributed by atoms with Gasteiger partial charge in [0.05, 0.1) is 18.1 Å². The molecule has 1 aromatic rings. The molecule has 0 saturated carbocycles. The van der Waals surface area contributed by atoms with Gasteiger partial charge in [-0.15, -0.1) is 0 Å². The molecule has 1 aliphatic heterocycles. The van der Waals surface area contributed by atoms with Gasteiger partial charge in [-0.25, -0.2) is 17.7 Å². The summed E-state index contributed by atoms with van der Waals surface area (Å²) < 4.78 is 24.3. The van der Waals surface area contributed by atoms with E-state index in [0.29, 0.717) is 12.5 Å². The fourth-order valence-electron chi connectivity index (χ4n) is 2.45. The van der Waals surface area contributed by atoms with E-state index >= 15 is 0 Å². The molecule has 1 saturated heterocycles. The van der Waals surface area contributed by atoms with Gasteiger partial charge < -0.3 is 4.90 Å². The maximum atomic E-state index is 11.4. The van der Waals surface area contributed by atoms with Crippen LogP contribution < -0.4 is 4.90 Å². The molecule has 1 fully saturated rings. The van der Waals surface area contributed by atoms with Crippen molar-refractivity contribution in [1.29, 1.82) is 0 Å². The molecule has 2 heterocycles. The van der Waals surface area contributed by atoms with Crippen LogP contribution in [0, 0.1) is 12.8 Å². The van der Waals surface area contributed by atoms with Gasteiger partial charge in [-0.2, -0.15) is 0 Å². The average Bonchev–Trinajstić information content (AvgIpc) is 2.38. The zero-order valence-electron chi connectivity index (χ0n) is 12.3. The Labute approximate surface area is 120 Å². The largest absolute Gasteiger partial charge is 0.355 e. The van der Waals surface area contributed by atoms with E-state index in [-0.39, 0.29) is 0 Å². The van der Waals surface area contributed by atoms with E-state index in [2.05, 4.69) is 14.9 Å². The fraction of sp³-hybridized carbons (Fsp3) is 0.692. The lowest BCUT2D eigenvalue weighted by molar-refractivity contribution is 0.328. The summed E-state index contributed by atoms with van der Waals surface area (Å²) in [5.41, 5.74) is 0.918. The molecule has 112 valence electrons. The molecule has 0 unspecified atom stereocenters. The summed E-state index contributed by atoms with van der Waals surface area (Å²) in [5, 5.41) is 0. The third-order valence-electron chi connectivity index (χ3n) is 3.76. The van der Waals surface area contributed by atoms with Crippen molar-refractivity contribution in [2.75, 3.05) is 37.8 Å². The van der Waals surface area contributed by atoms with Crippen LogP contribution in [0.2, 0.25) is 0 Å². The first-order valence-corrected chi connectivity index (χ1v) is 8.66. The Morgan fingerprint density at radius 2 is 2.00 bits per heavy atom. The predicted octanol–water partition coefficient (Wildman–Crippen LogP) is 0.893. The number of nitrogens with zero attached hydrogens (tertiary/aromatic N) is 4. The third kappa shape index (κ3) is 3.89. The molecule has 0 radical (unpaired) electrons. The molecule has 6 nitrogen and oxygen atoms in total. The first kappa shape index (κ1) is 15.2. The number of hydrogen-bond acceptors (Lipinski definition) is 5. The molecule has 0 spiro atoms. The molecule has 0 aliphatic carbocycles. The molecule has 0 atom stereocenters. The van der Waals surface area contributed by atoms with Crippen LogP contribution in [0.3, 0.4) is 0 Å². The smallest absolute Gasteiger partial charge is 0.210 e. The molecule has 0 bridgehead atoms. The van der Waals surface area contributed by atoms with Crippen molar-refractivity contribution < 1.29 is 8.42 Å². The predicted molar refractivity (Wildman–Crippen MR) is 79.2 cm³/mol. The van der Waals surface area contributed by atoms with Crippen molar-refractivity contribution in [3.63, 3.8) is 0 Å². The second kappa shape index (κ2) is 6.05. The third-order valence-corrected chi connectivity index (χ3v) is 5.04. The summed E-state index contributed by atoms with van der Waals surface area (Å²) in [6.45, 7) is 4.34. The van der Waals surface area contributed by atoms with E-state index in [1.165, 1.54) is 10.6 Å². The van der Waals surface area contributed by atoms with Gasteiger partial charge in [-0.3, -0.25) is 4.98 Å². The monoisotopic (exact) mass is 298 g/mol. The number of sulfonamides is 1. The summed E-state index contributed by atoms with van der Waals surface area (Å²) in [5.74, 6) is 1.34. The maximum Gasteiger partial charge on any atom is 0.210 e. The van der Waals surface area contributed by atoms with E-state index in [1.54, 1.807) is 19.4 Å². The molecule has 1 aliphatic rings. The number of rotatable bonds is 4. The van der Waals surface area contributed by atoms with Gasteiger partial charge >= 0.3 is 0 Å². The first-order valence-electron chi connectivity index (χ1n) is 6.81. The first-order chi connectivity index (χ1) is 9.36. The van der Waals surface area contributed by atoms with Crippen LogP contribution in [-0.2, 0) is 10.0 Å². The summed E-state index contributed by atoms with van der Waals surface area (Å²) in [7, 11) is -1.43. The van der Waals surface area contributed by atoms with Gasteiger partial charge in [0.25, 0.3) is 0 Å². The highest BCUT2D eigenvalue weighted by Gasteiger charge is 2.23. The van der Waals surface area contributed by atoms with Gasteiger partial charge in [0.1, 0.15) is 5.82 Å². The van der Waals surface area contributed by atoms with E-state index in [9.17, 15) is 8.42 Å². The Balaban J connectivity index is 1.90. The Morgan fingerprint density at radius 1 is 1.35 bits per heavy atom. The van der Waals surface area contributed by atoms with Gasteiger partial charge in [-0.05, 0) is 25.7 Å².